The molecule has 0 aliphatic rings. The van der Waals surface area contributed by atoms with Gasteiger partial charge in [-0.1, -0.05) is 13.0 Å². The van der Waals surface area contributed by atoms with Crippen molar-refractivity contribution in [2.45, 2.75) is 19.8 Å². The Bertz CT molecular complexity index is 1010. The van der Waals surface area contributed by atoms with Crippen molar-refractivity contribution < 1.29 is 9.53 Å². The summed E-state index contributed by atoms with van der Waals surface area (Å²) in [4.78, 5) is 24.9. The van der Waals surface area contributed by atoms with Gasteiger partial charge in [0.25, 0.3) is 5.91 Å². The molecule has 8 heteroatoms. The minimum Gasteiger partial charge on any atom is -0.496 e. The van der Waals surface area contributed by atoms with Gasteiger partial charge in [0.2, 0.25) is 0 Å². The lowest BCUT2D eigenvalue weighted by atomic mass is 10.1. The van der Waals surface area contributed by atoms with Crippen LogP contribution in [0.5, 0.6) is 5.75 Å². The maximum Gasteiger partial charge on any atom is 0.251 e. The zero-order valence-corrected chi connectivity index (χ0v) is 18.1. The van der Waals surface area contributed by atoms with Crippen LogP contribution >= 0.6 is 0 Å². The first kappa shape index (κ1) is 22.0. The monoisotopic (exact) mass is 420 g/mol. The van der Waals surface area contributed by atoms with Crippen LogP contribution in [0.25, 0.3) is 11.3 Å². The van der Waals surface area contributed by atoms with Gasteiger partial charge in [-0.3, -0.25) is 4.79 Å². The number of rotatable bonds is 10. The van der Waals surface area contributed by atoms with Gasteiger partial charge >= 0.3 is 0 Å². The topological polar surface area (TPSA) is 101 Å². The minimum absolute atomic E-state index is 0.139. The van der Waals surface area contributed by atoms with Gasteiger partial charge in [-0.2, -0.15) is 0 Å². The summed E-state index contributed by atoms with van der Waals surface area (Å²) in [6.07, 6.45) is 5.12. The second-order valence-corrected chi connectivity index (χ2v) is 6.93. The van der Waals surface area contributed by atoms with Crippen molar-refractivity contribution in [3.63, 3.8) is 0 Å². The van der Waals surface area contributed by atoms with E-state index in [9.17, 15) is 4.79 Å². The quantitative estimate of drug-likeness (QED) is 0.462. The zero-order chi connectivity index (χ0) is 22.1. The van der Waals surface area contributed by atoms with Crippen LogP contribution in [0.2, 0.25) is 0 Å². The predicted octanol–water partition coefficient (Wildman–Crippen LogP) is 3.38. The molecular formula is C23H28N6O2. The van der Waals surface area contributed by atoms with Crippen LogP contribution in [0.4, 0.5) is 11.6 Å². The zero-order valence-electron chi connectivity index (χ0n) is 18.1. The molecule has 3 aromatic rings. The summed E-state index contributed by atoms with van der Waals surface area (Å²) in [5.74, 6) is 2.14. The van der Waals surface area contributed by atoms with Crippen molar-refractivity contribution in [1.29, 1.82) is 0 Å². The van der Waals surface area contributed by atoms with E-state index in [4.69, 9.17) is 4.74 Å². The molecule has 0 unspecified atom stereocenters. The molecule has 0 atom stereocenters. The maximum atomic E-state index is 11.8. The molecule has 0 aliphatic carbocycles. The number of hydrogen-bond acceptors (Lipinski definition) is 7. The van der Waals surface area contributed by atoms with Gasteiger partial charge in [0.15, 0.2) is 0 Å². The Labute approximate surface area is 182 Å². The van der Waals surface area contributed by atoms with Gasteiger partial charge in [0.1, 0.15) is 23.7 Å². The molecule has 162 valence electrons. The number of aromatic nitrogens is 3. The van der Waals surface area contributed by atoms with Gasteiger partial charge in [-0.05, 0) is 42.7 Å². The fourth-order valence-electron chi connectivity index (χ4n) is 3.08. The second kappa shape index (κ2) is 10.9. The van der Waals surface area contributed by atoms with E-state index in [0.717, 1.165) is 47.8 Å². The Morgan fingerprint density at radius 3 is 2.55 bits per heavy atom. The summed E-state index contributed by atoms with van der Waals surface area (Å²) in [6, 6.07) is 11.3. The molecule has 2 heterocycles. The predicted molar refractivity (Wildman–Crippen MR) is 123 cm³/mol. The molecule has 31 heavy (non-hydrogen) atoms. The van der Waals surface area contributed by atoms with Crippen molar-refractivity contribution in [3.8, 4) is 17.0 Å². The molecule has 3 rings (SSSR count). The minimum atomic E-state index is -0.139. The van der Waals surface area contributed by atoms with Gasteiger partial charge in [-0.15, -0.1) is 0 Å². The van der Waals surface area contributed by atoms with Crippen molar-refractivity contribution in [1.82, 2.24) is 20.3 Å². The summed E-state index contributed by atoms with van der Waals surface area (Å²) >= 11 is 0. The maximum absolute atomic E-state index is 11.8. The van der Waals surface area contributed by atoms with Gasteiger partial charge < -0.3 is 20.7 Å². The summed E-state index contributed by atoms with van der Waals surface area (Å²) in [5.41, 5.74) is 3.32. The molecule has 0 fully saturated rings. The van der Waals surface area contributed by atoms with Gasteiger partial charge in [0.05, 0.1) is 12.8 Å². The first-order valence-corrected chi connectivity index (χ1v) is 10.3. The van der Waals surface area contributed by atoms with Crippen LogP contribution in [0.3, 0.4) is 0 Å². The second-order valence-electron chi connectivity index (χ2n) is 6.93. The van der Waals surface area contributed by atoms with E-state index in [1.54, 1.807) is 32.6 Å². The van der Waals surface area contributed by atoms with E-state index in [-0.39, 0.29) is 5.91 Å². The molecule has 1 aromatic carbocycles. The molecular weight excluding hydrogens is 392 g/mol. The Balaban J connectivity index is 1.62. The lowest BCUT2D eigenvalue weighted by Crippen LogP contribution is -2.18. The number of pyridine rings is 1. The summed E-state index contributed by atoms with van der Waals surface area (Å²) in [5, 5.41) is 9.20. The number of ether oxygens (including phenoxy) is 1. The van der Waals surface area contributed by atoms with E-state index in [0.29, 0.717) is 17.9 Å². The van der Waals surface area contributed by atoms with Crippen LogP contribution in [0.15, 0.2) is 48.9 Å². The highest BCUT2D eigenvalue weighted by atomic mass is 16.5. The molecule has 3 N–H and O–H groups in total. The fourth-order valence-corrected chi connectivity index (χ4v) is 3.08. The smallest absolute Gasteiger partial charge is 0.251 e. The van der Waals surface area contributed by atoms with E-state index in [2.05, 4.69) is 37.8 Å². The highest BCUT2D eigenvalue weighted by Crippen LogP contribution is 2.22. The van der Waals surface area contributed by atoms with Gasteiger partial charge in [-0.25, -0.2) is 15.0 Å². The van der Waals surface area contributed by atoms with Crippen LogP contribution in [0, 0.1) is 0 Å². The molecule has 0 bridgehead atoms. The molecule has 1 amide bonds. The fraction of sp³-hybridized carbons (Fsp3) is 0.304. The third-order valence-corrected chi connectivity index (χ3v) is 4.76. The van der Waals surface area contributed by atoms with E-state index < -0.39 is 0 Å². The Hall–Kier alpha value is -3.68. The number of carbonyl (C=O) groups excluding carboxylic acids is 1. The van der Waals surface area contributed by atoms with E-state index in [1.807, 2.05) is 30.5 Å². The lowest BCUT2D eigenvalue weighted by Gasteiger charge is -2.12. The first-order chi connectivity index (χ1) is 15.1. The van der Waals surface area contributed by atoms with Gasteiger partial charge in [0, 0.05) is 43.5 Å². The molecule has 0 saturated heterocycles. The molecule has 8 nitrogen and oxygen atoms in total. The SMILES string of the molecule is CCCNc1ccc(-c2cc(NCCc3ccc(C(=O)NC)cc3OC)ncn2)cn1. The van der Waals surface area contributed by atoms with Crippen LogP contribution < -0.4 is 20.7 Å². The molecule has 0 saturated carbocycles. The summed E-state index contributed by atoms with van der Waals surface area (Å²) < 4.78 is 5.45. The summed E-state index contributed by atoms with van der Waals surface area (Å²) in [7, 11) is 3.21. The highest BCUT2D eigenvalue weighted by Gasteiger charge is 2.09. The number of anilines is 2. The standard InChI is InChI=1S/C23H28N6O2/c1-4-10-25-21-8-7-18(14-27-21)19-13-22(29-15-28-19)26-11-9-16-5-6-17(23(30)24-2)12-20(16)31-3/h5-8,12-15H,4,9-11H2,1-3H3,(H,24,30)(H,25,27)(H,26,28,29). The number of carbonyl (C=O) groups is 1. The van der Waals surface area contributed by atoms with Crippen molar-refractivity contribution in [3.05, 3.63) is 60.0 Å². The summed E-state index contributed by atoms with van der Waals surface area (Å²) in [6.45, 7) is 3.67. The largest absolute Gasteiger partial charge is 0.496 e. The van der Waals surface area contributed by atoms with E-state index in [1.165, 1.54) is 0 Å². The normalized spacial score (nSPS) is 10.4. The average molecular weight is 421 g/mol. The molecule has 0 aliphatic heterocycles. The number of amides is 1. The Kier molecular flexibility index (Phi) is 7.75. The first-order valence-electron chi connectivity index (χ1n) is 10.3. The molecule has 0 radical (unpaired) electrons. The number of hydrogen-bond donors (Lipinski definition) is 3. The third-order valence-electron chi connectivity index (χ3n) is 4.76. The molecule has 0 spiro atoms. The number of nitrogens with zero attached hydrogens (tertiary/aromatic N) is 3. The van der Waals surface area contributed by atoms with Crippen LogP contribution in [-0.2, 0) is 6.42 Å². The Morgan fingerprint density at radius 2 is 1.84 bits per heavy atom. The third kappa shape index (κ3) is 5.91. The number of nitrogens with one attached hydrogen (secondary N) is 3. The number of methoxy groups -OCH3 is 1. The Morgan fingerprint density at radius 1 is 1.00 bits per heavy atom. The van der Waals surface area contributed by atoms with Crippen molar-refractivity contribution in [2.75, 3.05) is 37.9 Å². The van der Waals surface area contributed by atoms with Crippen molar-refractivity contribution >= 4 is 17.5 Å². The molecule has 2 aromatic heterocycles. The van der Waals surface area contributed by atoms with Crippen molar-refractivity contribution in [2.24, 2.45) is 0 Å². The highest BCUT2D eigenvalue weighted by molar-refractivity contribution is 5.94. The van der Waals surface area contributed by atoms with Crippen LogP contribution in [-0.4, -0.2) is 48.1 Å². The van der Waals surface area contributed by atoms with E-state index >= 15 is 0 Å². The number of benzene rings is 1. The average Bonchev–Trinajstić information content (AvgIpc) is 2.83. The lowest BCUT2D eigenvalue weighted by molar-refractivity contribution is 0.0962. The van der Waals surface area contributed by atoms with Crippen LogP contribution in [0.1, 0.15) is 29.3 Å².